The summed E-state index contributed by atoms with van der Waals surface area (Å²) >= 11 is 0. The molecule has 24 heavy (non-hydrogen) atoms. The number of benzene rings is 1. The lowest BCUT2D eigenvalue weighted by atomic mass is 9.95. The Hall–Kier alpha value is -2.20. The van der Waals surface area contributed by atoms with E-state index in [0.29, 0.717) is 6.08 Å². The first-order valence-electron chi connectivity index (χ1n) is 5.83. The molecule has 0 spiro atoms. The van der Waals surface area contributed by atoms with E-state index in [2.05, 4.69) is 4.74 Å². The molecule has 0 aliphatic heterocycles. The van der Waals surface area contributed by atoms with Crippen molar-refractivity contribution in [1.82, 2.24) is 0 Å². The van der Waals surface area contributed by atoms with Crippen LogP contribution in [-0.2, 0) is 28.1 Å². The SMILES string of the molecule is O=[C]OCC=Cc1c(C(F)(F)F)cc(C(F)(F)F)cc1C(F)(F)F. The van der Waals surface area contributed by atoms with E-state index in [9.17, 15) is 44.3 Å². The van der Waals surface area contributed by atoms with Crippen LogP contribution in [0, 0.1) is 0 Å². The molecule has 0 aliphatic rings. The average molecular weight is 365 g/mol. The quantitative estimate of drug-likeness (QED) is 0.564. The topological polar surface area (TPSA) is 26.3 Å². The molecule has 0 aliphatic carbocycles. The fraction of sp³-hybridized carbons (Fsp3) is 0.308. The number of ether oxygens (including phenoxy) is 1. The van der Waals surface area contributed by atoms with Gasteiger partial charge in [-0.3, -0.25) is 0 Å². The molecule has 0 unspecified atom stereocenters. The average Bonchev–Trinajstić information content (AvgIpc) is 2.39. The van der Waals surface area contributed by atoms with Gasteiger partial charge < -0.3 is 4.74 Å². The summed E-state index contributed by atoms with van der Waals surface area (Å²) in [5.74, 6) is 0. The van der Waals surface area contributed by atoms with E-state index in [1.807, 2.05) is 0 Å². The molecule has 133 valence electrons. The van der Waals surface area contributed by atoms with Crippen LogP contribution in [0.25, 0.3) is 6.08 Å². The van der Waals surface area contributed by atoms with Crippen LogP contribution in [-0.4, -0.2) is 13.1 Å². The maximum absolute atomic E-state index is 12.9. The number of carbonyl (C=O) groups excluding carboxylic acids is 1. The minimum Gasteiger partial charge on any atom is -0.453 e. The molecule has 2 nitrogen and oxygen atoms in total. The molecule has 0 aromatic heterocycles. The Morgan fingerprint density at radius 2 is 1.33 bits per heavy atom. The van der Waals surface area contributed by atoms with Crippen LogP contribution in [0.5, 0.6) is 0 Å². The molecule has 0 N–H and O–H groups in total. The minimum atomic E-state index is -5.47. The van der Waals surface area contributed by atoms with Gasteiger partial charge in [0.05, 0.1) is 16.7 Å². The highest BCUT2D eigenvalue weighted by atomic mass is 19.4. The second-order valence-corrected chi connectivity index (χ2v) is 4.28. The first kappa shape index (κ1) is 19.8. The maximum atomic E-state index is 12.9. The third-order valence-corrected chi connectivity index (χ3v) is 2.64. The van der Waals surface area contributed by atoms with Gasteiger partial charge >= 0.3 is 25.0 Å². The zero-order valence-corrected chi connectivity index (χ0v) is 11.2. The third-order valence-electron chi connectivity index (χ3n) is 2.64. The van der Waals surface area contributed by atoms with Gasteiger partial charge in [0.15, 0.2) is 0 Å². The van der Waals surface area contributed by atoms with Crippen LogP contribution in [0.15, 0.2) is 18.2 Å². The molecular formula is C13H6F9O2. The van der Waals surface area contributed by atoms with Gasteiger partial charge in [0.25, 0.3) is 0 Å². The number of hydrogen-bond acceptors (Lipinski definition) is 2. The van der Waals surface area contributed by atoms with Crippen molar-refractivity contribution in [2.45, 2.75) is 18.5 Å². The summed E-state index contributed by atoms with van der Waals surface area (Å²) in [7, 11) is 0. The molecule has 1 radical (unpaired) electrons. The molecule has 0 amide bonds. The first-order chi connectivity index (χ1) is 10.8. The molecule has 0 atom stereocenters. The molecule has 11 heteroatoms. The number of alkyl halides is 9. The monoisotopic (exact) mass is 365 g/mol. The summed E-state index contributed by atoms with van der Waals surface area (Å²) in [6.45, 7) is 0.169. The Labute approximate surface area is 128 Å². The van der Waals surface area contributed by atoms with E-state index < -0.39 is 59.5 Å². The Kier molecular flexibility index (Phi) is 5.57. The lowest BCUT2D eigenvalue weighted by molar-refractivity contribution is -0.148. The van der Waals surface area contributed by atoms with Gasteiger partial charge in [0.2, 0.25) is 0 Å². The van der Waals surface area contributed by atoms with Crippen molar-refractivity contribution in [3.05, 3.63) is 40.5 Å². The van der Waals surface area contributed by atoms with E-state index in [1.165, 1.54) is 0 Å². The van der Waals surface area contributed by atoms with Crippen molar-refractivity contribution in [1.29, 1.82) is 0 Å². The van der Waals surface area contributed by atoms with Crippen molar-refractivity contribution in [2.24, 2.45) is 0 Å². The number of halogens is 9. The maximum Gasteiger partial charge on any atom is 0.417 e. The molecule has 1 aromatic carbocycles. The normalized spacial score (nSPS) is 13.4. The summed E-state index contributed by atoms with van der Waals surface area (Å²) in [6, 6.07) is -0.830. The van der Waals surface area contributed by atoms with Crippen molar-refractivity contribution < 1.29 is 49.0 Å². The molecule has 0 saturated carbocycles. The molecule has 1 aromatic rings. The standard InChI is InChI=1S/C13H6F9O2/c14-11(15,16)7-4-9(12(17,18)19)8(2-1-3-24-6-23)10(5-7)13(20,21)22/h1-2,4-5H,3H2. The smallest absolute Gasteiger partial charge is 0.417 e. The molecule has 0 fully saturated rings. The zero-order chi connectivity index (χ0) is 18.8. The third kappa shape index (κ3) is 4.90. The van der Waals surface area contributed by atoms with E-state index in [0.717, 1.165) is 6.47 Å². The van der Waals surface area contributed by atoms with Gasteiger partial charge in [-0.1, -0.05) is 6.08 Å². The van der Waals surface area contributed by atoms with Crippen LogP contribution >= 0.6 is 0 Å². The molecule has 0 bridgehead atoms. The fourth-order valence-electron chi connectivity index (χ4n) is 1.71. The summed E-state index contributed by atoms with van der Waals surface area (Å²) in [6.07, 6.45) is -15.5. The van der Waals surface area contributed by atoms with Crippen molar-refractivity contribution in [2.75, 3.05) is 6.61 Å². The Morgan fingerprint density at radius 1 is 0.875 bits per heavy atom. The van der Waals surface area contributed by atoms with E-state index in [1.54, 1.807) is 0 Å². The minimum absolute atomic E-state index is 0.281. The second kappa shape index (κ2) is 6.73. The van der Waals surface area contributed by atoms with E-state index >= 15 is 0 Å². The predicted molar refractivity (Wildman–Crippen MR) is 62.1 cm³/mol. The molecule has 0 heterocycles. The fourth-order valence-corrected chi connectivity index (χ4v) is 1.71. The largest absolute Gasteiger partial charge is 0.453 e. The van der Waals surface area contributed by atoms with Crippen LogP contribution in [0.2, 0.25) is 0 Å². The van der Waals surface area contributed by atoms with Crippen molar-refractivity contribution in [3.8, 4) is 0 Å². The van der Waals surface area contributed by atoms with Crippen LogP contribution in [0.4, 0.5) is 39.5 Å². The summed E-state index contributed by atoms with van der Waals surface area (Å²) in [4.78, 5) is 9.76. The van der Waals surface area contributed by atoms with Crippen LogP contribution < -0.4 is 0 Å². The van der Waals surface area contributed by atoms with Gasteiger partial charge in [-0.2, -0.15) is 39.5 Å². The highest BCUT2D eigenvalue weighted by molar-refractivity contribution is 5.61. The van der Waals surface area contributed by atoms with E-state index in [-0.39, 0.29) is 6.08 Å². The van der Waals surface area contributed by atoms with Crippen LogP contribution in [0.1, 0.15) is 22.3 Å². The zero-order valence-electron chi connectivity index (χ0n) is 11.2. The Balaban J connectivity index is 3.68. The van der Waals surface area contributed by atoms with Gasteiger partial charge in [0.1, 0.15) is 6.61 Å². The van der Waals surface area contributed by atoms with E-state index in [4.69, 9.17) is 0 Å². The Morgan fingerprint density at radius 3 is 1.67 bits per heavy atom. The van der Waals surface area contributed by atoms with Crippen molar-refractivity contribution >= 4 is 12.5 Å². The predicted octanol–water partition coefficient (Wildman–Crippen LogP) is 4.84. The summed E-state index contributed by atoms with van der Waals surface area (Å²) in [5.41, 5.74) is -7.83. The van der Waals surface area contributed by atoms with Gasteiger partial charge in [-0.25, -0.2) is 4.79 Å². The summed E-state index contributed by atoms with van der Waals surface area (Å²) in [5, 5.41) is 0. The van der Waals surface area contributed by atoms with Gasteiger partial charge in [0, 0.05) is 0 Å². The van der Waals surface area contributed by atoms with Crippen LogP contribution in [0.3, 0.4) is 0 Å². The van der Waals surface area contributed by atoms with Gasteiger partial charge in [-0.15, -0.1) is 0 Å². The molecule has 0 saturated heterocycles. The number of rotatable bonds is 4. The van der Waals surface area contributed by atoms with Gasteiger partial charge in [-0.05, 0) is 23.8 Å². The van der Waals surface area contributed by atoms with Crippen molar-refractivity contribution in [3.63, 3.8) is 0 Å². The summed E-state index contributed by atoms with van der Waals surface area (Å²) < 4.78 is 119. The highest BCUT2D eigenvalue weighted by Crippen LogP contribution is 2.43. The second-order valence-electron chi connectivity index (χ2n) is 4.28. The Bertz CT molecular complexity index is 589. The number of hydrogen-bond donors (Lipinski definition) is 0. The first-order valence-corrected chi connectivity index (χ1v) is 5.83. The lowest BCUT2D eigenvalue weighted by Gasteiger charge is -2.19. The molecule has 1 rings (SSSR count). The highest BCUT2D eigenvalue weighted by Gasteiger charge is 2.44. The molecular weight excluding hydrogens is 359 g/mol. The lowest BCUT2D eigenvalue weighted by Crippen LogP contribution is -2.18.